The molecule has 0 aromatic heterocycles. The number of piperidine rings is 1. The zero-order valence-corrected chi connectivity index (χ0v) is 11.6. The Morgan fingerprint density at radius 1 is 1.06 bits per heavy atom. The lowest BCUT2D eigenvalue weighted by Gasteiger charge is -2.38. The van der Waals surface area contributed by atoms with E-state index in [1.165, 1.54) is 45.2 Å². The first kappa shape index (κ1) is 14.0. The fraction of sp³-hybridized carbons (Fsp3) is 1.00. The molecule has 1 rings (SSSR count). The lowest BCUT2D eigenvalue weighted by Crippen LogP contribution is -2.48. The molecule has 1 saturated heterocycles. The Kier molecular flexibility index (Phi) is 6.37. The van der Waals surface area contributed by atoms with E-state index in [2.05, 4.69) is 37.9 Å². The van der Waals surface area contributed by atoms with E-state index in [1.807, 2.05) is 0 Å². The molecule has 0 saturated carbocycles. The smallest absolute Gasteiger partial charge is 0.00938 e. The van der Waals surface area contributed by atoms with Gasteiger partial charge in [0.2, 0.25) is 0 Å². The standard InChI is InChI=1S/C14H30N2/c1-5-12(4)15-13-8-10-16(11-9-13)14(6-2)7-3/h12-15H,5-11H2,1-4H3. The third-order valence-electron chi connectivity index (χ3n) is 4.12. The minimum atomic E-state index is 0.685. The molecule has 2 nitrogen and oxygen atoms in total. The third kappa shape index (κ3) is 4.06. The zero-order valence-electron chi connectivity index (χ0n) is 11.6. The molecule has 16 heavy (non-hydrogen) atoms. The number of hydrogen-bond donors (Lipinski definition) is 1. The van der Waals surface area contributed by atoms with Crippen LogP contribution in [-0.2, 0) is 0 Å². The highest BCUT2D eigenvalue weighted by Gasteiger charge is 2.23. The molecule has 0 radical (unpaired) electrons. The Morgan fingerprint density at radius 2 is 1.62 bits per heavy atom. The van der Waals surface area contributed by atoms with Crippen molar-refractivity contribution >= 4 is 0 Å². The summed E-state index contributed by atoms with van der Waals surface area (Å²) in [5.74, 6) is 0. The van der Waals surface area contributed by atoms with Gasteiger partial charge < -0.3 is 10.2 Å². The maximum absolute atomic E-state index is 3.74. The average molecular weight is 226 g/mol. The number of hydrogen-bond acceptors (Lipinski definition) is 2. The van der Waals surface area contributed by atoms with Gasteiger partial charge in [-0.15, -0.1) is 0 Å². The molecule has 0 spiro atoms. The van der Waals surface area contributed by atoms with Crippen LogP contribution in [0.3, 0.4) is 0 Å². The van der Waals surface area contributed by atoms with E-state index < -0.39 is 0 Å². The Bertz CT molecular complexity index is 170. The van der Waals surface area contributed by atoms with Crippen LogP contribution in [0.4, 0.5) is 0 Å². The molecular weight excluding hydrogens is 196 g/mol. The van der Waals surface area contributed by atoms with Gasteiger partial charge in [0.15, 0.2) is 0 Å². The summed E-state index contributed by atoms with van der Waals surface area (Å²) in [7, 11) is 0. The molecule has 1 aliphatic rings. The first-order valence-corrected chi connectivity index (χ1v) is 7.21. The summed E-state index contributed by atoms with van der Waals surface area (Å²) in [5.41, 5.74) is 0. The predicted molar refractivity (Wildman–Crippen MR) is 71.9 cm³/mol. The van der Waals surface area contributed by atoms with Crippen molar-refractivity contribution in [1.29, 1.82) is 0 Å². The molecule has 2 heteroatoms. The topological polar surface area (TPSA) is 15.3 Å². The molecule has 1 aliphatic heterocycles. The van der Waals surface area contributed by atoms with Crippen LogP contribution in [0.5, 0.6) is 0 Å². The highest BCUT2D eigenvalue weighted by molar-refractivity contribution is 4.81. The molecule has 0 amide bonds. The second-order valence-electron chi connectivity index (χ2n) is 5.26. The van der Waals surface area contributed by atoms with E-state index in [0.717, 1.165) is 12.1 Å². The van der Waals surface area contributed by atoms with E-state index in [4.69, 9.17) is 0 Å². The summed E-state index contributed by atoms with van der Waals surface area (Å²) in [6.45, 7) is 11.8. The van der Waals surface area contributed by atoms with E-state index in [-0.39, 0.29) is 0 Å². The Morgan fingerprint density at radius 3 is 2.06 bits per heavy atom. The molecule has 1 fully saturated rings. The summed E-state index contributed by atoms with van der Waals surface area (Å²) in [6.07, 6.45) is 6.52. The van der Waals surface area contributed by atoms with Gasteiger partial charge in [-0.3, -0.25) is 0 Å². The van der Waals surface area contributed by atoms with Crippen molar-refractivity contribution in [1.82, 2.24) is 10.2 Å². The van der Waals surface area contributed by atoms with Crippen molar-refractivity contribution in [3.05, 3.63) is 0 Å². The first-order valence-electron chi connectivity index (χ1n) is 7.21. The van der Waals surface area contributed by atoms with Gasteiger partial charge in [0.05, 0.1) is 0 Å². The van der Waals surface area contributed by atoms with Gasteiger partial charge >= 0.3 is 0 Å². The Labute approximate surface area is 102 Å². The van der Waals surface area contributed by atoms with E-state index in [9.17, 15) is 0 Å². The second kappa shape index (κ2) is 7.29. The van der Waals surface area contributed by atoms with Crippen LogP contribution in [0, 0.1) is 0 Å². The first-order chi connectivity index (χ1) is 7.71. The predicted octanol–water partition coefficient (Wildman–Crippen LogP) is 3.03. The quantitative estimate of drug-likeness (QED) is 0.749. The number of rotatable bonds is 6. The van der Waals surface area contributed by atoms with Gasteiger partial charge in [-0.1, -0.05) is 20.8 Å². The highest BCUT2D eigenvalue weighted by Crippen LogP contribution is 2.17. The minimum absolute atomic E-state index is 0.685. The zero-order chi connectivity index (χ0) is 12.0. The molecule has 1 atom stereocenters. The fourth-order valence-electron chi connectivity index (χ4n) is 2.76. The maximum atomic E-state index is 3.74. The molecule has 0 aliphatic carbocycles. The Balaban J connectivity index is 2.27. The van der Waals surface area contributed by atoms with Crippen LogP contribution in [0.25, 0.3) is 0 Å². The van der Waals surface area contributed by atoms with Crippen molar-refractivity contribution in [2.45, 2.75) is 77.9 Å². The van der Waals surface area contributed by atoms with Crippen LogP contribution in [0.15, 0.2) is 0 Å². The van der Waals surface area contributed by atoms with E-state index >= 15 is 0 Å². The molecule has 0 aromatic rings. The summed E-state index contributed by atoms with van der Waals surface area (Å²) in [6, 6.07) is 2.27. The molecule has 0 aromatic carbocycles. The SMILES string of the molecule is CCC(C)NC1CCN(C(CC)CC)CC1. The van der Waals surface area contributed by atoms with E-state index in [1.54, 1.807) is 0 Å². The van der Waals surface area contributed by atoms with Gasteiger partial charge in [-0.05, 0) is 52.1 Å². The minimum Gasteiger partial charge on any atom is -0.311 e. The maximum Gasteiger partial charge on any atom is 0.00938 e. The lowest BCUT2D eigenvalue weighted by atomic mass is 10.00. The van der Waals surface area contributed by atoms with Crippen LogP contribution >= 0.6 is 0 Å². The van der Waals surface area contributed by atoms with E-state index in [0.29, 0.717) is 6.04 Å². The molecule has 0 bridgehead atoms. The van der Waals surface area contributed by atoms with Crippen LogP contribution < -0.4 is 5.32 Å². The molecule has 1 unspecified atom stereocenters. The largest absolute Gasteiger partial charge is 0.311 e. The molecule has 96 valence electrons. The normalized spacial score (nSPS) is 21.6. The van der Waals surface area contributed by atoms with Crippen molar-refractivity contribution < 1.29 is 0 Å². The van der Waals surface area contributed by atoms with Crippen LogP contribution in [0.2, 0.25) is 0 Å². The van der Waals surface area contributed by atoms with Crippen LogP contribution in [0.1, 0.15) is 59.8 Å². The third-order valence-corrected chi connectivity index (χ3v) is 4.12. The van der Waals surface area contributed by atoms with Crippen molar-refractivity contribution in [2.24, 2.45) is 0 Å². The van der Waals surface area contributed by atoms with Gasteiger partial charge in [0.1, 0.15) is 0 Å². The Hall–Kier alpha value is -0.0800. The summed E-state index contributed by atoms with van der Waals surface area (Å²) in [5, 5.41) is 3.74. The summed E-state index contributed by atoms with van der Waals surface area (Å²) < 4.78 is 0. The summed E-state index contributed by atoms with van der Waals surface area (Å²) in [4.78, 5) is 2.69. The number of likely N-dealkylation sites (tertiary alicyclic amines) is 1. The monoisotopic (exact) mass is 226 g/mol. The van der Waals surface area contributed by atoms with Gasteiger partial charge in [-0.2, -0.15) is 0 Å². The van der Waals surface area contributed by atoms with Gasteiger partial charge in [0.25, 0.3) is 0 Å². The fourth-order valence-corrected chi connectivity index (χ4v) is 2.76. The van der Waals surface area contributed by atoms with Crippen molar-refractivity contribution in [3.63, 3.8) is 0 Å². The van der Waals surface area contributed by atoms with Gasteiger partial charge in [0, 0.05) is 18.1 Å². The van der Waals surface area contributed by atoms with Crippen LogP contribution in [-0.4, -0.2) is 36.1 Å². The van der Waals surface area contributed by atoms with Crippen molar-refractivity contribution in [3.8, 4) is 0 Å². The average Bonchev–Trinajstić information content (AvgIpc) is 2.32. The van der Waals surface area contributed by atoms with Crippen molar-refractivity contribution in [2.75, 3.05) is 13.1 Å². The second-order valence-corrected chi connectivity index (χ2v) is 5.26. The number of nitrogens with zero attached hydrogens (tertiary/aromatic N) is 1. The van der Waals surface area contributed by atoms with Gasteiger partial charge in [-0.25, -0.2) is 0 Å². The lowest BCUT2D eigenvalue weighted by molar-refractivity contribution is 0.133. The molecule has 1 N–H and O–H groups in total. The highest BCUT2D eigenvalue weighted by atomic mass is 15.2. The summed E-state index contributed by atoms with van der Waals surface area (Å²) >= 11 is 0. The molecular formula is C14H30N2. The molecule has 1 heterocycles. The number of nitrogens with one attached hydrogen (secondary N) is 1.